The predicted molar refractivity (Wildman–Crippen MR) is 71.6 cm³/mol. The van der Waals surface area contributed by atoms with Gasteiger partial charge in [-0.2, -0.15) is 0 Å². The molecule has 1 aliphatic carbocycles. The minimum atomic E-state index is 0. The molecule has 1 amide bonds. The molecule has 104 valence electrons. The summed E-state index contributed by atoms with van der Waals surface area (Å²) in [5, 5.41) is 3.20. The van der Waals surface area contributed by atoms with Gasteiger partial charge in [0.25, 0.3) is 0 Å². The van der Waals surface area contributed by atoms with E-state index < -0.39 is 0 Å². The highest BCUT2D eigenvalue weighted by molar-refractivity contribution is 5.85. The van der Waals surface area contributed by atoms with E-state index >= 15 is 0 Å². The summed E-state index contributed by atoms with van der Waals surface area (Å²) >= 11 is 0. The molecule has 2 aliphatic heterocycles. The summed E-state index contributed by atoms with van der Waals surface area (Å²) < 4.78 is 5.76. The topological polar surface area (TPSA) is 64.4 Å². The van der Waals surface area contributed by atoms with Gasteiger partial charge in [-0.25, -0.2) is 0 Å². The highest BCUT2D eigenvalue weighted by Gasteiger charge is 2.42. The summed E-state index contributed by atoms with van der Waals surface area (Å²) in [7, 11) is 0. The normalized spacial score (nSPS) is 41.7. The third-order valence-electron chi connectivity index (χ3n) is 4.73. The van der Waals surface area contributed by atoms with Crippen LogP contribution in [0.15, 0.2) is 0 Å². The molecule has 3 unspecified atom stereocenters. The van der Waals surface area contributed by atoms with Crippen LogP contribution in [0.2, 0.25) is 0 Å². The van der Waals surface area contributed by atoms with Crippen LogP contribution in [-0.2, 0) is 9.53 Å². The van der Waals surface area contributed by atoms with E-state index in [9.17, 15) is 4.79 Å². The number of amides is 1. The van der Waals surface area contributed by atoms with Crippen LogP contribution >= 0.6 is 12.4 Å². The molecule has 4 nitrogen and oxygen atoms in total. The number of nitrogens with two attached hydrogens (primary N) is 1. The van der Waals surface area contributed by atoms with Crippen LogP contribution in [0.3, 0.4) is 0 Å². The molecule has 3 N–H and O–H groups in total. The molecular formula is C13H23ClN2O2. The second-order valence-electron chi connectivity index (χ2n) is 5.76. The van der Waals surface area contributed by atoms with Crippen LogP contribution in [0, 0.1) is 11.8 Å². The number of fused-ring (bicyclic) bond motifs is 2. The molecule has 5 atom stereocenters. The lowest BCUT2D eigenvalue weighted by molar-refractivity contribution is -0.127. The van der Waals surface area contributed by atoms with Crippen LogP contribution < -0.4 is 11.1 Å². The Hall–Kier alpha value is -0.320. The average Bonchev–Trinajstić information content (AvgIpc) is 3.04. The Balaban J connectivity index is 0.00000120. The second kappa shape index (κ2) is 5.76. The van der Waals surface area contributed by atoms with Crippen molar-refractivity contribution in [3.63, 3.8) is 0 Å². The van der Waals surface area contributed by atoms with Crippen LogP contribution in [-0.4, -0.2) is 30.7 Å². The van der Waals surface area contributed by atoms with Crippen LogP contribution in [0.5, 0.6) is 0 Å². The Labute approximate surface area is 114 Å². The number of rotatable bonds is 3. The third-order valence-corrected chi connectivity index (χ3v) is 4.73. The number of nitrogens with one attached hydrogen (secondary N) is 1. The lowest BCUT2D eigenvalue weighted by Crippen LogP contribution is -2.45. The van der Waals surface area contributed by atoms with Gasteiger partial charge in [0.1, 0.15) is 0 Å². The molecule has 2 heterocycles. The van der Waals surface area contributed by atoms with Crippen molar-refractivity contribution < 1.29 is 9.53 Å². The summed E-state index contributed by atoms with van der Waals surface area (Å²) in [6, 6.07) is 0.264. The molecule has 0 aromatic rings. The van der Waals surface area contributed by atoms with Crippen molar-refractivity contribution in [1.29, 1.82) is 0 Å². The minimum absolute atomic E-state index is 0. The Bertz CT molecular complexity index is 313. The highest BCUT2D eigenvalue weighted by Crippen LogP contribution is 2.36. The zero-order valence-corrected chi connectivity index (χ0v) is 11.5. The summed E-state index contributed by atoms with van der Waals surface area (Å²) in [5.41, 5.74) is 5.73. The van der Waals surface area contributed by atoms with E-state index in [1.54, 1.807) is 0 Å². The molecular weight excluding hydrogens is 252 g/mol. The van der Waals surface area contributed by atoms with Crippen LogP contribution in [0.25, 0.3) is 0 Å². The summed E-state index contributed by atoms with van der Waals surface area (Å²) in [4.78, 5) is 12.2. The molecule has 2 bridgehead atoms. The fourth-order valence-electron chi connectivity index (χ4n) is 3.74. The lowest BCUT2D eigenvalue weighted by atomic mass is 9.92. The Morgan fingerprint density at radius 3 is 2.72 bits per heavy atom. The fourth-order valence-corrected chi connectivity index (χ4v) is 3.74. The number of carbonyl (C=O) groups excluding carboxylic acids is 1. The van der Waals surface area contributed by atoms with Gasteiger partial charge in [-0.1, -0.05) is 6.42 Å². The molecule has 3 fully saturated rings. The highest BCUT2D eigenvalue weighted by atomic mass is 35.5. The van der Waals surface area contributed by atoms with E-state index in [1.165, 1.54) is 6.42 Å². The van der Waals surface area contributed by atoms with Crippen molar-refractivity contribution in [1.82, 2.24) is 5.32 Å². The first-order valence-electron chi connectivity index (χ1n) is 6.94. The largest absolute Gasteiger partial charge is 0.373 e. The summed E-state index contributed by atoms with van der Waals surface area (Å²) in [5.74, 6) is 0.771. The van der Waals surface area contributed by atoms with Gasteiger partial charge < -0.3 is 15.8 Å². The van der Waals surface area contributed by atoms with E-state index in [1.807, 2.05) is 0 Å². The van der Waals surface area contributed by atoms with Gasteiger partial charge in [-0.05, 0) is 44.6 Å². The van der Waals surface area contributed by atoms with E-state index in [-0.39, 0.29) is 36.4 Å². The molecule has 0 aromatic carbocycles. The molecule has 0 aromatic heterocycles. The monoisotopic (exact) mass is 274 g/mol. The van der Waals surface area contributed by atoms with E-state index in [0.29, 0.717) is 18.6 Å². The van der Waals surface area contributed by atoms with Gasteiger partial charge in [0.05, 0.1) is 18.2 Å². The maximum absolute atomic E-state index is 12.2. The molecule has 3 rings (SSSR count). The van der Waals surface area contributed by atoms with Gasteiger partial charge in [0.15, 0.2) is 0 Å². The lowest BCUT2D eigenvalue weighted by Gasteiger charge is -2.24. The number of carbonyl (C=O) groups is 1. The predicted octanol–water partition coefficient (Wildman–Crippen LogP) is 1.22. The fraction of sp³-hybridized carbons (Fsp3) is 0.923. The van der Waals surface area contributed by atoms with Crippen molar-refractivity contribution in [2.45, 2.75) is 56.8 Å². The first-order chi connectivity index (χ1) is 8.28. The molecule has 3 aliphatic rings. The van der Waals surface area contributed by atoms with Crippen molar-refractivity contribution in [3.05, 3.63) is 0 Å². The third kappa shape index (κ3) is 2.51. The Kier molecular flexibility index (Phi) is 4.51. The van der Waals surface area contributed by atoms with Crippen molar-refractivity contribution >= 4 is 18.3 Å². The van der Waals surface area contributed by atoms with E-state index in [4.69, 9.17) is 10.5 Å². The van der Waals surface area contributed by atoms with Crippen molar-refractivity contribution in [2.24, 2.45) is 17.6 Å². The van der Waals surface area contributed by atoms with Crippen LogP contribution in [0.1, 0.15) is 38.5 Å². The van der Waals surface area contributed by atoms with Gasteiger partial charge in [0, 0.05) is 5.92 Å². The van der Waals surface area contributed by atoms with Gasteiger partial charge in [-0.3, -0.25) is 4.79 Å². The maximum Gasteiger partial charge on any atom is 0.223 e. The SMILES string of the molecule is Cl.NC[C@H]1CCC[C@H]1C(=O)NC1CC2CCC1O2. The average molecular weight is 275 g/mol. The van der Waals surface area contributed by atoms with Gasteiger partial charge in [0.2, 0.25) is 5.91 Å². The molecule has 2 saturated heterocycles. The minimum Gasteiger partial charge on any atom is -0.373 e. The zero-order valence-electron chi connectivity index (χ0n) is 10.6. The summed E-state index contributed by atoms with van der Waals surface area (Å²) in [6.45, 7) is 0.644. The maximum atomic E-state index is 12.2. The first kappa shape index (κ1) is 14.1. The number of hydrogen-bond donors (Lipinski definition) is 2. The molecule has 5 heteroatoms. The molecule has 18 heavy (non-hydrogen) atoms. The number of ether oxygens (including phenoxy) is 1. The van der Waals surface area contributed by atoms with Crippen molar-refractivity contribution in [3.8, 4) is 0 Å². The standard InChI is InChI=1S/C13H22N2O2.ClH/c14-7-8-2-1-3-10(8)13(16)15-11-6-9-4-5-12(11)17-9;/h8-12H,1-7,14H2,(H,15,16);1H/t8-,9?,10-,11?,12?;/m1./s1. The molecule has 0 spiro atoms. The van der Waals surface area contributed by atoms with Crippen molar-refractivity contribution in [2.75, 3.05) is 6.54 Å². The first-order valence-corrected chi connectivity index (χ1v) is 6.94. The number of hydrogen-bond acceptors (Lipinski definition) is 3. The van der Waals surface area contributed by atoms with E-state index in [0.717, 1.165) is 32.1 Å². The smallest absolute Gasteiger partial charge is 0.223 e. The Morgan fingerprint density at radius 1 is 1.28 bits per heavy atom. The van der Waals surface area contributed by atoms with Gasteiger partial charge >= 0.3 is 0 Å². The van der Waals surface area contributed by atoms with E-state index in [2.05, 4.69) is 5.32 Å². The molecule has 1 saturated carbocycles. The quantitative estimate of drug-likeness (QED) is 0.813. The Morgan fingerprint density at radius 2 is 2.11 bits per heavy atom. The second-order valence-corrected chi connectivity index (χ2v) is 5.76. The van der Waals surface area contributed by atoms with Gasteiger partial charge in [-0.15, -0.1) is 12.4 Å². The zero-order chi connectivity index (χ0) is 11.8. The molecule has 0 radical (unpaired) electrons. The summed E-state index contributed by atoms with van der Waals surface area (Å²) in [6.07, 6.45) is 7.24. The number of halogens is 1. The van der Waals surface area contributed by atoms with Crippen LogP contribution in [0.4, 0.5) is 0 Å².